The van der Waals surface area contributed by atoms with E-state index in [0.29, 0.717) is 5.56 Å². The lowest BCUT2D eigenvalue weighted by Crippen LogP contribution is -2.11. The van der Waals surface area contributed by atoms with Crippen molar-refractivity contribution in [2.24, 2.45) is 0 Å². The Hall–Kier alpha value is -2.88. The van der Waals surface area contributed by atoms with Gasteiger partial charge in [0.1, 0.15) is 0 Å². The minimum Gasteiger partial charge on any atom is -0.461 e. The molecule has 0 atom stereocenters. The fraction of sp³-hybridized carbons (Fsp3) is 0.231. The van der Waals surface area contributed by atoms with E-state index in [1.54, 1.807) is 25.1 Å². The summed E-state index contributed by atoms with van der Waals surface area (Å²) in [5, 5.41) is 16.6. The highest BCUT2D eigenvalue weighted by Crippen LogP contribution is 2.14. The largest absolute Gasteiger partial charge is 0.461 e. The Kier molecular flexibility index (Phi) is 3.96. The van der Waals surface area contributed by atoms with E-state index in [1.807, 2.05) is 6.07 Å². The van der Waals surface area contributed by atoms with Gasteiger partial charge in [0.05, 0.1) is 24.8 Å². The fourth-order valence-electron chi connectivity index (χ4n) is 1.71. The number of carbonyl (C=O) groups is 1. The number of nitrogens with two attached hydrogens (primary N) is 1. The molecule has 0 saturated heterocycles. The van der Waals surface area contributed by atoms with Gasteiger partial charge in [0.15, 0.2) is 5.82 Å². The Morgan fingerprint density at radius 2 is 2.25 bits per heavy atom. The zero-order chi connectivity index (χ0) is 14.5. The molecule has 2 N–H and O–H groups in total. The second-order valence-corrected chi connectivity index (χ2v) is 3.97. The molecule has 0 unspecified atom stereocenters. The highest BCUT2D eigenvalue weighted by Gasteiger charge is 2.18. The van der Waals surface area contributed by atoms with E-state index in [9.17, 15) is 4.79 Å². The number of rotatable bonds is 4. The van der Waals surface area contributed by atoms with Gasteiger partial charge in [-0.15, -0.1) is 5.10 Å². The number of benzene rings is 1. The van der Waals surface area contributed by atoms with Crippen molar-refractivity contribution in [3.05, 3.63) is 41.1 Å². The maximum atomic E-state index is 11.6. The molecule has 102 valence electrons. The second-order valence-electron chi connectivity index (χ2n) is 3.97. The van der Waals surface area contributed by atoms with Crippen LogP contribution >= 0.6 is 0 Å². The molecule has 7 nitrogen and oxygen atoms in total. The summed E-state index contributed by atoms with van der Waals surface area (Å²) in [7, 11) is 0. The van der Waals surface area contributed by atoms with Gasteiger partial charge < -0.3 is 10.5 Å². The van der Waals surface area contributed by atoms with Crippen molar-refractivity contribution in [1.29, 1.82) is 5.26 Å². The van der Waals surface area contributed by atoms with Crippen LogP contribution in [0.1, 0.15) is 28.5 Å². The van der Waals surface area contributed by atoms with Gasteiger partial charge in [-0.2, -0.15) is 5.26 Å². The molecule has 0 saturated carbocycles. The minimum absolute atomic E-state index is 0.0127. The number of nitrogens with zero attached hydrogens (tertiary/aromatic N) is 4. The van der Waals surface area contributed by atoms with Gasteiger partial charge in [-0.05, 0) is 18.6 Å². The van der Waals surface area contributed by atoms with E-state index >= 15 is 0 Å². The van der Waals surface area contributed by atoms with Crippen LogP contribution in [0.3, 0.4) is 0 Å². The van der Waals surface area contributed by atoms with Crippen molar-refractivity contribution < 1.29 is 9.53 Å². The van der Waals surface area contributed by atoms with Gasteiger partial charge in [-0.1, -0.05) is 23.4 Å². The first-order chi connectivity index (χ1) is 9.67. The van der Waals surface area contributed by atoms with Crippen LogP contribution in [-0.4, -0.2) is 27.6 Å². The van der Waals surface area contributed by atoms with E-state index < -0.39 is 5.97 Å². The Morgan fingerprint density at radius 1 is 1.50 bits per heavy atom. The topological polar surface area (TPSA) is 107 Å². The molecule has 7 heteroatoms. The molecule has 2 aromatic rings. The summed E-state index contributed by atoms with van der Waals surface area (Å²) in [6.45, 7) is 2.20. The summed E-state index contributed by atoms with van der Waals surface area (Å²) in [4.78, 5) is 11.6. The lowest BCUT2D eigenvalue weighted by atomic mass is 10.1. The molecule has 0 amide bonds. The summed E-state index contributed by atoms with van der Waals surface area (Å²) in [5.74, 6) is -0.485. The van der Waals surface area contributed by atoms with Gasteiger partial charge in [0, 0.05) is 0 Å². The average Bonchev–Trinajstić information content (AvgIpc) is 2.81. The number of anilines is 1. The van der Waals surface area contributed by atoms with Crippen LogP contribution in [0.25, 0.3) is 0 Å². The zero-order valence-corrected chi connectivity index (χ0v) is 10.9. The maximum absolute atomic E-state index is 11.6. The highest BCUT2D eigenvalue weighted by atomic mass is 16.5. The summed E-state index contributed by atoms with van der Waals surface area (Å²) < 4.78 is 6.19. The van der Waals surface area contributed by atoms with E-state index in [4.69, 9.17) is 15.7 Å². The predicted octanol–water partition coefficient (Wildman–Crippen LogP) is 0.957. The van der Waals surface area contributed by atoms with Crippen molar-refractivity contribution in [3.8, 4) is 6.07 Å². The fourth-order valence-corrected chi connectivity index (χ4v) is 1.71. The maximum Gasteiger partial charge on any atom is 0.362 e. The van der Waals surface area contributed by atoms with Crippen LogP contribution < -0.4 is 5.73 Å². The third kappa shape index (κ3) is 2.59. The number of hydrogen-bond acceptors (Lipinski definition) is 6. The number of hydrogen-bond donors (Lipinski definition) is 1. The highest BCUT2D eigenvalue weighted by molar-refractivity contribution is 5.91. The normalized spacial score (nSPS) is 10.0. The molecular formula is C13H13N5O2. The molecule has 1 aromatic heterocycles. The first-order valence-corrected chi connectivity index (χ1v) is 6.01. The molecule has 0 bridgehead atoms. The molecule has 1 aromatic carbocycles. The van der Waals surface area contributed by atoms with Crippen LogP contribution in [0.15, 0.2) is 24.3 Å². The van der Waals surface area contributed by atoms with Crippen LogP contribution in [0, 0.1) is 11.3 Å². The van der Waals surface area contributed by atoms with Crippen molar-refractivity contribution in [2.45, 2.75) is 13.5 Å². The van der Waals surface area contributed by atoms with Crippen molar-refractivity contribution in [3.63, 3.8) is 0 Å². The number of ether oxygens (including phenoxy) is 1. The number of esters is 1. The molecule has 2 rings (SSSR count). The zero-order valence-electron chi connectivity index (χ0n) is 10.9. The molecule has 0 aliphatic carbocycles. The van der Waals surface area contributed by atoms with Crippen molar-refractivity contribution in [2.75, 3.05) is 12.3 Å². The smallest absolute Gasteiger partial charge is 0.362 e. The molecule has 1 heterocycles. The van der Waals surface area contributed by atoms with E-state index in [1.165, 1.54) is 4.68 Å². The van der Waals surface area contributed by atoms with Crippen molar-refractivity contribution in [1.82, 2.24) is 15.0 Å². The SMILES string of the molecule is CCOC(=O)c1nnn(Cc2ccccc2C#N)c1N. The first kappa shape index (κ1) is 13.5. The van der Waals surface area contributed by atoms with E-state index in [0.717, 1.165) is 5.56 Å². The first-order valence-electron chi connectivity index (χ1n) is 6.01. The van der Waals surface area contributed by atoms with Crippen LogP contribution in [-0.2, 0) is 11.3 Å². The van der Waals surface area contributed by atoms with Crippen LogP contribution in [0.2, 0.25) is 0 Å². The van der Waals surface area contributed by atoms with Crippen molar-refractivity contribution >= 4 is 11.8 Å². The second kappa shape index (κ2) is 5.84. The number of nitrogen functional groups attached to an aromatic ring is 1. The van der Waals surface area contributed by atoms with E-state index in [2.05, 4.69) is 16.4 Å². The standard InChI is InChI=1S/C13H13N5O2/c1-2-20-13(19)11-12(15)18(17-16-11)8-10-6-4-3-5-9(10)7-14/h3-6H,2,8,15H2,1H3. The molecule has 0 aliphatic rings. The molecule has 0 fully saturated rings. The van der Waals surface area contributed by atoms with Gasteiger partial charge >= 0.3 is 5.97 Å². The van der Waals surface area contributed by atoms with Crippen LogP contribution in [0.5, 0.6) is 0 Å². The summed E-state index contributed by atoms with van der Waals surface area (Å²) in [6, 6.07) is 9.18. The Balaban J connectivity index is 2.27. The Morgan fingerprint density at radius 3 is 2.95 bits per heavy atom. The lowest BCUT2D eigenvalue weighted by Gasteiger charge is -2.05. The van der Waals surface area contributed by atoms with Gasteiger partial charge in [-0.3, -0.25) is 0 Å². The molecule has 0 radical (unpaired) electrons. The van der Waals surface area contributed by atoms with Crippen LogP contribution in [0.4, 0.5) is 5.82 Å². The third-order valence-corrected chi connectivity index (χ3v) is 2.70. The number of nitriles is 1. The summed E-state index contributed by atoms with van der Waals surface area (Å²) in [6.07, 6.45) is 0. The average molecular weight is 271 g/mol. The van der Waals surface area contributed by atoms with Gasteiger partial charge in [-0.25, -0.2) is 9.48 Å². The molecular weight excluding hydrogens is 258 g/mol. The Labute approximate surface area is 115 Å². The molecule has 0 aliphatic heterocycles. The quantitative estimate of drug-likeness (QED) is 0.830. The monoisotopic (exact) mass is 271 g/mol. The third-order valence-electron chi connectivity index (χ3n) is 2.70. The minimum atomic E-state index is -0.607. The van der Waals surface area contributed by atoms with Gasteiger partial charge in [0.25, 0.3) is 0 Å². The summed E-state index contributed by atoms with van der Waals surface area (Å²) >= 11 is 0. The van der Waals surface area contributed by atoms with Gasteiger partial charge in [0.2, 0.25) is 5.69 Å². The lowest BCUT2D eigenvalue weighted by molar-refractivity contribution is 0.0520. The summed E-state index contributed by atoms with van der Waals surface area (Å²) in [5.41, 5.74) is 7.10. The molecule has 20 heavy (non-hydrogen) atoms. The Bertz CT molecular complexity index is 672. The molecule has 0 spiro atoms. The number of aromatic nitrogens is 3. The van der Waals surface area contributed by atoms with E-state index in [-0.39, 0.29) is 24.7 Å². The predicted molar refractivity (Wildman–Crippen MR) is 70.6 cm³/mol. The number of carbonyl (C=O) groups excluding carboxylic acids is 1.